The lowest BCUT2D eigenvalue weighted by molar-refractivity contribution is -0.0925. The maximum Gasteiger partial charge on any atom is 0.382 e. The summed E-state index contributed by atoms with van der Waals surface area (Å²) in [5, 5.41) is 0. The molecule has 0 aliphatic carbocycles. The van der Waals surface area contributed by atoms with Crippen molar-refractivity contribution in [2.45, 2.75) is 25.6 Å². The van der Waals surface area contributed by atoms with E-state index in [2.05, 4.69) is 11.3 Å². The summed E-state index contributed by atoms with van der Waals surface area (Å²) in [6, 6.07) is 4.87. The van der Waals surface area contributed by atoms with Gasteiger partial charge in [-0.25, -0.2) is 0 Å². The van der Waals surface area contributed by atoms with E-state index in [1.807, 2.05) is 13.8 Å². The van der Waals surface area contributed by atoms with Gasteiger partial charge in [-0.15, -0.1) is 6.58 Å². The molecule has 116 valence electrons. The van der Waals surface area contributed by atoms with Crippen molar-refractivity contribution in [1.82, 2.24) is 4.72 Å². The molecular weight excluding hydrogens is 294 g/mol. The van der Waals surface area contributed by atoms with E-state index >= 15 is 0 Å². The number of hydrogen-bond acceptors (Lipinski definition) is 5. The van der Waals surface area contributed by atoms with Gasteiger partial charge in [0.25, 0.3) is 0 Å². The number of hydrogen-bond donors (Lipinski definition) is 1. The molecule has 0 radical (unpaired) electrons. The van der Waals surface area contributed by atoms with Crippen LogP contribution < -0.4 is 13.6 Å². The molecule has 1 aliphatic heterocycles. The molecule has 6 nitrogen and oxygen atoms in total. The molecule has 21 heavy (non-hydrogen) atoms. The van der Waals surface area contributed by atoms with Gasteiger partial charge in [0, 0.05) is 12.6 Å². The van der Waals surface area contributed by atoms with E-state index in [0.29, 0.717) is 12.4 Å². The third-order valence-corrected chi connectivity index (χ3v) is 4.20. The maximum absolute atomic E-state index is 11.4. The molecule has 0 aromatic heterocycles. The van der Waals surface area contributed by atoms with Gasteiger partial charge in [0.05, 0.1) is 12.0 Å². The fourth-order valence-corrected chi connectivity index (χ4v) is 2.56. The Bertz CT molecular complexity index is 639. The number of benzene rings is 1. The zero-order chi connectivity index (χ0) is 15.7. The van der Waals surface area contributed by atoms with Crippen LogP contribution in [0.15, 0.2) is 30.9 Å². The van der Waals surface area contributed by atoms with Gasteiger partial charge in [0.2, 0.25) is 6.29 Å². The normalized spacial score (nSPS) is 19.7. The monoisotopic (exact) mass is 313 g/mol. The van der Waals surface area contributed by atoms with Gasteiger partial charge in [0.1, 0.15) is 11.5 Å². The summed E-state index contributed by atoms with van der Waals surface area (Å²) in [7, 11) is -2.50. The van der Waals surface area contributed by atoms with Crippen LogP contribution in [0.25, 0.3) is 0 Å². The van der Waals surface area contributed by atoms with Crippen LogP contribution in [0.2, 0.25) is 0 Å². The second kappa shape index (κ2) is 5.67. The lowest BCUT2D eigenvalue weighted by Gasteiger charge is -2.25. The van der Waals surface area contributed by atoms with E-state index in [1.54, 1.807) is 24.3 Å². The van der Waals surface area contributed by atoms with Crippen molar-refractivity contribution in [3.8, 4) is 11.5 Å². The van der Waals surface area contributed by atoms with Gasteiger partial charge in [-0.05, 0) is 32.0 Å². The van der Waals surface area contributed by atoms with Crippen LogP contribution in [0.1, 0.15) is 19.4 Å². The highest BCUT2D eigenvalue weighted by molar-refractivity contribution is 7.85. The molecule has 0 fully saturated rings. The average molecular weight is 313 g/mol. The highest BCUT2D eigenvalue weighted by Gasteiger charge is 2.42. The molecule has 1 aromatic carbocycles. The smallest absolute Gasteiger partial charge is 0.382 e. The molecule has 1 aliphatic rings. The first-order valence-corrected chi connectivity index (χ1v) is 7.87. The molecule has 1 unspecified atom stereocenters. The Labute approximate surface area is 125 Å². The topological polar surface area (TPSA) is 73.9 Å². The van der Waals surface area contributed by atoms with Crippen LogP contribution in [-0.2, 0) is 20.5 Å². The van der Waals surface area contributed by atoms with Crippen molar-refractivity contribution in [1.29, 1.82) is 0 Å². The number of nitrogens with one attached hydrogen (secondary N) is 1. The van der Waals surface area contributed by atoms with E-state index < -0.39 is 22.0 Å². The maximum atomic E-state index is 11.4. The minimum atomic E-state index is -3.79. The van der Waals surface area contributed by atoms with Gasteiger partial charge >= 0.3 is 10.3 Å². The summed E-state index contributed by atoms with van der Waals surface area (Å²) >= 11 is 0. The van der Waals surface area contributed by atoms with Gasteiger partial charge < -0.3 is 13.7 Å². The Morgan fingerprint density at radius 2 is 2.19 bits per heavy atom. The third kappa shape index (κ3) is 3.20. The van der Waals surface area contributed by atoms with Gasteiger partial charge in [-0.2, -0.15) is 13.1 Å². The Morgan fingerprint density at radius 1 is 1.48 bits per heavy atom. The quantitative estimate of drug-likeness (QED) is 0.810. The Hall–Kier alpha value is -1.57. The molecule has 2 rings (SSSR count). The SMILES string of the molecule is C=CCOC1Oc2ccc(OS(=O)(=O)NC)cc2C1(C)C. The zero-order valence-electron chi connectivity index (χ0n) is 12.3. The Kier molecular flexibility index (Phi) is 4.27. The predicted molar refractivity (Wildman–Crippen MR) is 78.6 cm³/mol. The van der Waals surface area contributed by atoms with E-state index in [9.17, 15) is 8.42 Å². The highest BCUT2D eigenvalue weighted by atomic mass is 32.2. The molecule has 1 N–H and O–H groups in total. The zero-order valence-corrected chi connectivity index (χ0v) is 13.1. The van der Waals surface area contributed by atoms with Crippen LogP contribution in [0.3, 0.4) is 0 Å². The van der Waals surface area contributed by atoms with Crippen molar-refractivity contribution in [3.63, 3.8) is 0 Å². The molecule has 0 amide bonds. The van der Waals surface area contributed by atoms with Crippen molar-refractivity contribution < 1.29 is 22.1 Å². The van der Waals surface area contributed by atoms with Crippen molar-refractivity contribution in [2.75, 3.05) is 13.7 Å². The second-order valence-corrected chi connectivity index (χ2v) is 6.68. The largest absolute Gasteiger partial charge is 0.464 e. The summed E-state index contributed by atoms with van der Waals surface area (Å²) in [5.41, 5.74) is 0.404. The summed E-state index contributed by atoms with van der Waals surface area (Å²) in [6.07, 6.45) is 1.19. The van der Waals surface area contributed by atoms with E-state index in [-0.39, 0.29) is 5.75 Å². The number of rotatable bonds is 6. The summed E-state index contributed by atoms with van der Waals surface area (Å²) in [6.45, 7) is 7.91. The standard InChI is InChI=1S/C14H19NO5S/c1-5-8-18-13-14(2,3)11-9-10(6-7-12(11)19-13)20-21(16,17)15-4/h5-7,9,13,15H,1,8H2,2-4H3. The first-order valence-electron chi connectivity index (χ1n) is 6.47. The number of fused-ring (bicyclic) bond motifs is 1. The molecule has 7 heteroatoms. The molecule has 0 saturated heterocycles. The minimum absolute atomic E-state index is 0.226. The summed E-state index contributed by atoms with van der Waals surface area (Å²) in [5.74, 6) is 0.882. The van der Waals surface area contributed by atoms with E-state index in [0.717, 1.165) is 5.56 Å². The first-order chi connectivity index (χ1) is 9.80. The van der Waals surface area contributed by atoms with Crippen molar-refractivity contribution in [2.24, 2.45) is 0 Å². The van der Waals surface area contributed by atoms with E-state index in [4.69, 9.17) is 13.7 Å². The Balaban J connectivity index is 2.28. The fourth-order valence-electron chi connectivity index (χ4n) is 2.12. The Morgan fingerprint density at radius 3 is 2.81 bits per heavy atom. The third-order valence-electron chi connectivity index (χ3n) is 3.29. The molecule has 0 spiro atoms. The van der Waals surface area contributed by atoms with Crippen LogP contribution >= 0.6 is 0 Å². The number of ether oxygens (including phenoxy) is 2. The fraction of sp³-hybridized carbons (Fsp3) is 0.429. The van der Waals surface area contributed by atoms with Crippen molar-refractivity contribution in [3.05, 3.63) is 36.4 Å². The van der Waals surface area contributed by atoms with Crippen molar-refractivity contribution >= 4 is 10.3 Å². The molecule has 1 heterocycles. The van der Waals surface area contributed by atoms with Crippen LogP contribution in [0.4, 0.5) is 0 Å². The summed E-state index contributed by atoms with van der Waals surface area (Å²) < 4.78 is 41.2. The molecule has 0 bridgehead atoms. The first kappa shape index (κ1) is 15.8. The predicted octanol–water partition coefficient (Wildman–Crippen LogP) is 1.73. The molecule has 0 saturated carbocycles. The summed E-state index contributed by atoms with van der Waals surface area (Å²) in [4.78, 5) is 0. The average Bonchev–Trinajstić information content (AvgIpc) is 2.67. The van der Waals surface area contributed by atoms with E-state index in [1.165, 1.54) is 7.05 Å². The van der Waals surface area contributed by atoms with Crippen LogP contribution in [0, 0.1) is 0 Å². The van der Waals surface area contributed by atoms with Crippen LogP contribution in [-0.4, -0.2) is 28.4 Å². The lowest BCUT2D eigenvalue weighted by Crippen LogP contribution is -2.34. The highest BCUT2D eigenvalue weighted by Crippen LogP contribution is 2.44. The minimum Gasteiger partial charge on any atom is -0.464 e. The van der Waals surface area contributed by atoms with Crippen LogP contribution in [0.5, 0.6) is 11.5 Å². The van der Waals surface area contributed by atoms with Gasteiger partial charge in [-0.3, -0.25) is 0 Å². The second-order valence-electron chi connectivity index (χ2n) is 5.19. The lowest BCUT2D eigenvalue weighted by atomic mass is 9.85. The molecule has 1 aromatic rings. The molecular formula is C14H19NO5S. The van der Waals surface area contributed by atoms with Gasteiger partial charge in [-0.1, -0.05) is 6.08 Å². The molecule has 1 atom stereocenters. The van der Waals surface area contributed by atoms with Gasteiger partial charge in [0.15, 0.2) is 0 Å².